The highest BCUT2D eigenvalue weighted by Crippen LogP contribution is 2.40. The van der Waals surface area contributed by atoms with Crippen LogP contribution < -0.4 is 10.6 Å². The largest absolute Gasteiger partial charge is 0.424 e. The first-order valence-corrected chi connectivity index (χ1v) is 9.93. The highest BCUT2D eigenvalue weighted by molar-refractivity contribution is 7.98. The lowest BCUT2D eigenvalue weighted by Crippen LogP contribution is -2.48. The minimum atomic E-state index is -4.83. The Morgan fingerprint density at radius 1 is 1.35 bits per heavy atom. The standard InChI is InChI=1S/C16H28F3N5OS/c1-4-20-14(22-8-5-6-12-26-3)23-9-7-15(25,16(17,18)19)13-21-10-11-24(13)2/h10-11,25H,4-9,12H2,1-3H3,(H2,20,22,23). The number of nitrogens with one attached hydrogen (secondary N) is 2. The molecule has 26 heavy (non-hydrogen) atoms. The second kappa shape index (κ2) is 10.7. The van der Waals surface area contributed by atoms with E-state index in [0.717, 1.165) is 18.6 Å². The van der Waals surface area contributed by atoms with E-state index >= 15 is 0 Å². The molecule has 1 heterocycles. The molecule has 0 aliphatic rings. The average Bonchev–Trinajstić information content (AvgIpc) is 3.00. The van der Waals surface area contributed by atoms with Crippen molar-refractivity contribution in [1.29, 1.82) is 0 Å². The molecular weight excluding hydrogens is 367 g/mol. The first kappa shape index (κ1) is 22.6. The SMILES string of the molecule is CCNC(=NCCCCSC)NCCC(O)(c1nccn1C)C(F)(F)F. The van der Waals surface area contributed by atoms with E-state index in [1.165, 1.54) is 24.0 Å². The molecule has 3 N–H and O–H groups in total. The maximum absolute atomic E-state index is 13.5. The van der Waals surface area contributed by atoms with Crippen LogP contribution in [0, 0.1) is 0 Å². The van der Waals surface area contributed by atoms with Gasteiger partial charge in [-0.25, -0.2) is 4.98 Å². The number of aromatic nitrogens is 2. The molecule has 150 valence electrons. The van der Waals surface area contributed by atoms with E-state index < -0.39 is 24.0 Å². The van der Waals surface area contributed by atoms with Gasteiger partial charge in [0.25, 0.3) is 0 Å². The maximum Gasteiger partial charge on any atom is 0.424 e. The van der Waals surface area contributed by atoms with Crippen LogP contribution in [0.25, 0.3) is 0 Å². The van der Waals surface area contributed by atoms with Crippen LogP contribution in [0.15, 0.2) is 17.4 Å². The number of unbranched alkanes of at least 4 members (excludes halogenated alkanes) is 1. The van der Waals surface area contributed by atoms with E-state index in [1.54, 1.807) is 11.8 Å². The van der Waals surface area contributed by atoms with Gasteiger partial charge in [-0.3, -0.25) is 4.99 Å². The van der Waals surface area contributed by atoms with Gasteiger partial charge in [0.2, 0.25) is 5.60 Å². The van der Waals surface area contributed by atoms with Gasteiger partial charge < -0.3 is 20.3 Å². The van der Waals surface area contributed by atoms with Crippen molar-refractivity contribution in [3.05, 3.63) is 18.2 Å². The van der Waals surface area contributed by atoms with Crippen molar-refractivity contribution in [2.45, 2.75) is 38.0 Å². The van der Waals surface area contributed by atoms with Crippen molar-refractivity contribution < 1.29 is 18.3 Å². The van der Waals surface area contributed by atoms with Gasteiger partial charge >= 0.3 is 6.18 Å². The number of nitrogens with zero attached hydrogens (tertiary/aromatic N) is 3. The van der Waals surface area contributed by atoms with E-state index in [9.17, 15) is 18.3 Å². The number of thioether (sulfide) groups is 1. The summed E-state index contributed by atoms with van der Waals surface area (Å²) in [6, 6.07) is 0. The van der Waals surface area contributed by atoms with Gasteiger partial charge in [0, 0.05) is 45.5 Å². The smallest absolute Gasteiger partial charge is 0.374 e. The van der Waals surface area contributed by atoms with Crippen LogP contribution in [0.5, 0.6) is 0 Å². The summed E-state index contributed by atoms with van der Waals surface area (Å²) in [5, 5.41) is 16.1. The molecule has 0 amide bonds. The van der Waals surface area contributed by atoms with Crippen LogP contribution in [-0.4, -0.2) is 58.4 Å². The summed E-state index contributed by atoms with van der Waals surface area (Å²) in [6.07, 6.45) is 1.20. The molecule has 0 radical (unpaired) electrons. The third-order valence-electron chi connectivity index (χ3n) is 3.81. The third-order valence-corrected chi connectivity index (χ3v) is 4.51. The van der Waals surface area contributed by atoms with Crippen molar-refractivity contribution in [2.24, 2.45) is 12.0 Å². The highest BCUT2D eigenvalue weighted by Gasteiger charge is 2.57. The van der Waals surface area contributed by atoms with E-state index in [0.29, 0.717) is 19.0 Å². The number of hydrogen-bond donors (Lipinski definition) is 3. The second-order valence-corrected chi connectivity index (χ2v) is 6.84. The zero-order valence-electron chi connectivity index (χ0n) is 15.4. The molecule has 1 rings (SSSR count). The number of imidazole rings is 1. The Morgan fingerprint density at radius 2 is 2.08 bits per heavy atom. The summed E-state index contributed by atoms with van der Waals surface area (Å²) in [6.45, 7) is 2.97. The van der Waals surface area contributed by atoms with Gasteiger partial charge in [0.15, 0.2) is 5.96 Å². The average molecular weight is 395 g/mol. The fourth-order valence-corrected chi connectivity index (χ4v) is 2.89. The first-order valence-electron chi connectivity index (χ1n) is 8.54. The molecule has 0 bridgehead atoms. The van der Waals surface area contributed by atoms with E-state index in [-0.39, 0.29) is 6.54 Å². The number of aryl methyl sites for hydroxylation is 1. The molecule has 1 aromatic rings. The lowest BCUT2D eigenvalue weighted by Gasteiger charge is -2.30. The number of rotatable bonds is 10. The fourth-order valence-electron chi connectivity index (χ4n) is 2.40. The Morgan fingerprint density at radius 3 is 2.62 bits per heavy atom. The summed E-state index contributed by atoms with van der Waals surface area (Å²) in [5.74, 6) is 1.08. The monoisotopic (exact) mass is 395 g/mol. The molecule has 10 heteroatoms. The number of aliphatic hydroxyl groups is 1. The minimum Gasteiger partial charge on any atom is -0.374 e. The lowest BCUT2D eigenvalue weighted by molar-refractivity contribution is -0.272. The molecule has 0 spiro atoms. The van der Waals surface area contributed by atoms with Crippen LogP contribution in [0.4, 0.5) is 13.2 Å². The number of hydrogen-bond acceptors (Lipinski definition) is 4. The van der Waals surface area contributed by atoms with Crippen molar-refractivity contribution in [2.75, 3.05) is 31.6 Å². The van der Waals surface area contributed by atoms with Crippen LogP contribution in [-0.2, 0) is 12.6 Å². The summed E-state index contributed by atoms with van der Waals surface area (Å²) < 4.78 is 41.6. The number of guanidine groups is 1. The fraction of sp³-hybridized carbons (Fsp3) is 0.750. The van der Waals surface area contributed by atoms with Crippen molar-refractivity contribution in [1.82, 2.24) is 20.2 Å². The number of halogens is 3. The Balaban J connectivity index is 2.70. The molecule has 1 atom stereocenters. The van der Waals surface area contributed by atoms with Gasteiger partial charge in [0.05, 0.1) is 0 Å². The maximum atomic E-state index is 13.5. The van der Waals surface area contributed by atoms with Gasteiger partial charge in [-0.15, -0.1) is 0 Å². The Kier molecular flexibility index (Phi) is 9.28. The zero-order valence-corrected chi connectivity index (χ0v) is 16.3. The molecule has 0 aromatic carbocycles. The molecule has 0 saturated heterocycles. The lowest BCUT2D eigenvalue weighted by atomic mass is 9.97. The summed E-state index contributed by atoms with van der Waals surface area (Å²) in [7, 11) is 1.42. The van der Waals surface area contributed by atoms with E-state index in [4.69, 9.17) is 0 Å². The van der Waals surface area contributed by atoms with Crippen molar-refractivity contribution >= 4 is 17.7 Å². The van der Waals surface area contributed by atoms with Crippen LogP contribution >= 0.6 is 11.8 Å². The van der Waals surface area contributed by atoms with Crippen LogP contribution in [0.1, 0.15) is 32.0 Å². The zero-order chi connectivity index (χ0) is 19.6. The second-order valence-electron chi connectivity index (χ2n) is 5.86. The molecule has 0 aliphatic carbocycles. The van der Waals surface area contributed by atoms with Gasteiger partial charge in [0.1, 0.15) is 5.82 Å². The van der Waals surface area contributed by atoms with Gasteiger partial charge in [-0.05, 0) is 31.8 Å². The Labute approximate surface area is 156 Å². The van der Waals surface area contributed by atoms with E-state index in [2.05, 4.69) is 20.6 Å². The summed E-state index contributed by atoms with van der Waals surface area (Å²) in [5.41, 5.74) is -3.02. The van der Waals surface area contributed by atoms with E-state index in [1.807, 2.05) is 13.2 Å². The first-order chi connectivity index (χ1) is 12.3. The molecule has 1 unspecified atom stereocenters. The molecule has 0 saturated carbocycles. The molecule has 0 aliphatic heterocycles. The highest BCUT2D eigenvalue weighted by atomic mass is 32.2. The molecule has 1 aromatic heterocycles. The van der Waals surface area contributed by atoms with Gasteiger partial charge in [-0.2, -0.15) is 24.9 Å². The number of aliphatic imine (C=N–C) groups is 1. The van der Waals surface area contributed by atoms with Crippen LogP contribution in [0.2, 0.25) is 0 Å². The third kappa shape index (κ3) is 6.39. The summed E-state index contributed by atoms with van der Waals surface area (Å²) >= 11 is 1.77. The molecular formula is C16H28F3N5OS. The van der Waals surface area contributed by atoms with Crippen LogP contribution in [0.3, 0.4) is 0 Å². The minimum absolute atomic E-state index is 0.0977. The molecule has 0 fully saturated rings. The van der Waals surface area contributed by atoms with Crippen molar-refractivity contribution in [3.8, 4) is 0 Å². The summed E-state index contributed by atoms with van der Waals surface area (Å²) in [4.78, 5) is 8.03. The van der Waals surface area contributed by atoms with Gasteiger partial charge in [-0.1, -0.05) is 0 Å². The normalized spacial score (nSPS) is 15.0. The van der Waals surface area contributed by atoms with Crippen molar-refractivity contribution in [3.63, 3.8) is 0 Å². The predicted molar refractivity (Wildman–Crippen MR) is 99.4 cm³/mol. The Hall–Kier alpha value is -1.42. The topological polar surface area (TPSA) is 74.5 Å². The molecule has 6 nitrogen and oxygen atoms in total. The number of alkyl halides is 3. The quantitative estimate of drug-likeness (QED) is 0.322. The Bertz CT molecular complexity index is 564. The predicted octanol–water partition coefficient (Wildman–Crippen LogP) is 2.26.